The summed E-state index contributed by atoms with van der Waals surface area (Å²) in [5.41, 5.74) is 9.34. The molecular formula is C34H30N8O3. The van der Waals surface area contributed by atoms with Crippen LogP contribution in [0.5, 0.6) is 0 Å². The highest BCUT2D eigenvalue weighted by Crippen LogP contribution is 2.24. The Morgan fingerprint density at radius 1 is 1.00 bits per heavy atom. The van der Waals surface area contributed by atoms with Crippen molar-refractivity contribution in [1.82, 2.24) is 34.3 Å². The molecule has 45 heavy (non-hydrogen) atoms. The second-order valence-corrected chi connectivity index (χ2v) is 10.8. The lowest BCUT2D eigenvalue weighted by Gasteiger charge is -2.21. The van der Waals surface area contributed by atoms with Gasteiger partial charge < -0.3 is 11.1 Å². The van der Waals surface area contributed by atoms with Crippen LogP contribution in [0.15, 0.2) is 84.0 Å². The molecule has 2 aromatic carbocycles. The number of carbonyl (C=O) groups is 2. The summed E-state index contributed by atoms with van der Waals surface area (Å²) in [5, 5.41) is 12.7. The predicted octanol–water partition coefficient (Wildman–Crippen LogP) is 3.50. The zero-order chi connectivity index (χ0) is 31.8. The van der Waals surface area contributed by atoms with Crippen LogP contribution in [0.1, 0.15) is 63.3 Å². The Morgan fingerprint density at radius 2 is 1.76 bits per heavy atom. The van der Waals surface area contributed by atoms with Gasteiger partial charge >= 0.3 is 0 Å². The number of amides is 1. The maximum atomic E-state index is 14.4. The number of Topliss-reactive ketones (excluding diaryl/α,β-unsaturated/α-hetero) is 1. The van der Waals surface area contributed by atoms with Gasteiger partial charge in [-0.15, -0.1) is 0 Å². The molecule has 0 saturated carbocycles. The van der Waals surface area contributed by atoms with Gasteiger partial charge in [-0.25, -0.2) is 9.50 Å². The Labute approximate surface area is 258 Å². The molecule has 4 aromatic heterocycles. The number of carbonyl (C=O) groups excluding carboxylic acids is 2. The number of fused-ring (bicyclic) bond motifs is 2. The minimum absolute atomic E-state index is 0.278. The summed E-state index contributed by atoms with van der Waals surface area (Å²) < 4.78 is 4.61. The van der Waals surface area contributed by atoms with Crippen molar-refractivity contribution in [3.8, 4) is 17.5 Å². The van der Waals surface area contributed by atoms with Crippen LogP contribution in [-0.4, -0.2) is 46.7 Å². The van der Waals surface area contributed by atoms with Gasteiger partial charge in [0, 0.05) is 36.4 Å². The van der Waals surface area contributed by atoms with Gasteiger partial charge in [0.25, 0.3) is 11.5 Å². The van der Waals surface area contributed by atoms with Crippen LogP contribution in [0, 0.1) is 18.8 Å². The highest BCUT2D eigenvalue weighted by Gasteiger charge is 2.24. The maximum Gasteiger partial charge on any atom is 0.264 e. The van der Waals surface area contributed by atoms with Crippen molar-refractivity contribution in [2.24, 2.45) is 12.8 Å². The number of ketones is 1. The van der Waals surface area contributed by atoms with Crippen LogP contribution in [0.4, 0.5) is 0 Å². The molecular weight excluding hydrogens is 568 g/mol. The summed E-state index contributed by atoms with van der Waals surface area (Å²) in [6, 6.07) is 17.0. The molecule has 0 bridgehead atoms. The van der Waals surface area contributed by atoms with Crippen LogP contribution in [0.2, 0.25) is 0 Å². The quantitative estimate of drug-likeness (QED) is 0.221. The first kappa shape index (κ1) is 29.2. The van der Waals surface area contributed by atoms with Gasteiger partial charge in [0.05, 0.1) is 34.9 Å². The molecule has 1 unspecified atom stereocenters. The largest absolute Gasteiger partial charge is 0.344 e. The van der Waals surface area contributed by atoms with E-state index in [1.165, 1.54) is 10.9 Å². The van der Waals surface area contributed by atoms with Crippen LogP contribution < -0.4 is 16.6 Å². The number of pyridine rings is 1. The third kappa shape index (κ3) is 5.28. The Bertz CT molecular complexity index is 2230. The number of benzene rings is 2. The second kappa shape index (κ2) is 11.7. The molecule has 4 heterocycles. The van der Waals surface area contributed by atoms with Gasteiger partial charge in [-0.05, 0) is 56.5 Å². The lowest BCUT2D eigenvalue weighted by atomic mass is 10.0. The number of para-hydroxylation sites is 1. The molecule has 6 aromatic rings. The molecule has 11 nitrogen and oxygen atoms in total. The lowest BCUT2D eigenvalue weighted by molar-refractivity contribution is 0.0936. The van der Waals surface area contributed by atoms with E-state index < -0.39 is 12.1 Å². The van der Waals surface area contributed by atoms with Gasteiger partial charge in [0.2, 0.25) is 0 Å². The third-order valence-corrected chi connectivity index (χ3v) is 7.60. The number of hydrogen-bond acceptors (Lipinski definition) is 7. The van der Waals surface area contributed by atoms with Crippen molar-refractivity contribution in [3.63, 3.8) is 0 Å². The molecule has 2 atom stereocenters. The SMILES string of the molecule is Cc1nn2cccnc2c1C(=O)N[C@@H](C)c1cc2cccc(C#Cc3cnn(C)c3C(=O)C(C)N)c2c(=O)n1-c1ccccc1. The number of aryl methyl sites for hydroxylation is 2. The fraction of sp³-hybridized carbons (Fsp3) is 0.176. The zero-order valence-electron chi connectivity index (χ0n) is 25.1. The fourth-order valence-electron chi connectivity index (χ4n) is 5.43. The highest BCUT2D eigenvalue weighted by atomic mass is 16.2. The summed E-state index contributed by atoms with van der Waals surface area (Å²) in [5.74, 6) is 5.50. The second-order valence-electron chi connectivity index (χ2n) is 10.8. The predicted molar refractivity (Wildman–Crippen MR) is 170 cm³/mol. The Balaban J connectivity index is 1.47. The number of rotatable bonds is 6. The first-order valence-corrected chi connectivity index (χ1v) is 14.3. The summed E-state index contributed by atoms with van der Waals surface area (Å²) in [7, 11) is 1.66. The van der Waals surface area contributed by atoms with E-state index in [4.69, 9.17) is 5.73 Å². The number of hydrogen-bond donors (Lipinski definition) is 2. The molecule has 0 spiro atoms. The molecule has 0 aliphatic rings. The summed E-state index contributed by atoms with van der Waals surface area (Å²) in [4.78, 5) is 45.0. The Hall–Kier alpha value is -5.86. The molecule has 0 aliphatic heterocycles. The lowest BCUT2D eigenvalue weighted by Crippen LogP contribution is -2.32. The van der Waals surface area contributed by atoms with E-state index in [-0.39, 0.29) is 17.2 Å². The average Bonchev–Trinajstić information content (AvgIpc) is 3.57. The molecule has 0 saturated heterocycles. The molecule has 1 amide bonds. The van der Waals surface area contributed by atoms with Crippen LogP contribution in [0.25, 0.3) is 22.1 Å². The van der Waals surface area contributed by atoms with Crippen molar-refractivity contribution in [2.45, 2.75) is 32.9 Å². The Morgan fingerprint density at radius 3 is 2.51 bits per heavy atom. The summed E-state index contributed by atoms with van der Waals surface area (Å²) >= 11 is 0. The first-order valence-electron chi connectivity index (χ1n) is 14.3. The monoisotopic (exact) mass is 598 g/mol. The third-order valence-electron chi connectivity index (χ3n) is 7.60. The minimum Gasteiger partial charge on any atom is -0.344 e. The average molecular weight is 599 g/mol. The van der Waals surface area contributed by atoms with Crippen molar-refractivity contribution in [1.29, 1.82) is 0 Å². The van der Waals surface area contributed by atoms with E-state index in [2.05, 4.69) is 32.3 Å². The topological polar surface area (TPSA) is 142 Å². The van der Waals surface area contributed by atoms with Crippen molar-refractivity contribution in [3.05, 3.63) is 123 Å². The molecule has 0 fully saturated rings. The number of nitrogens with zero attached hydrogens (tertiary/aromatic N) is 6. The highest BCUT2D eigenvalue weighted by molar-refractivity contribution is 6.01. The first-order chi connectivity index (χ1) is 21.7. The standard InChI is InChI=1S/C34H30N8O3/c1-20(35)31(43)30-25(19-37-40(30)4)15-14-23-10-8-11-24-18-27(42(34(45)29(23)24)26-12-6-5-7-13-26)21(2)38-33(44)28-22(3)39-41-17-9-16-36-32(28)41/h5-13,16-21H,35H2,1-4H3,(H,38,44)/t20?,21-/m0/s1. The van der Waals surface area contributed by atoms with E-state index in [1.54, 1.807) is 54.5 Å². The van der Waals surface area contributed by atoms with E-state index >= 15 is 0 Å². The van der Waals surface area contributed by atoms with Crippen molar-refractivity contribution in [2.75, 3.05) is 0 Å². The Kier molecular flexibility index (Phi) is 7.58. The minimum atomic E-state index is -0.717. The smallest absolute Gasteiger partial charge is 0.264 e. The number of nitrogens with two attached hydrogens (primary N) is 1. The molecule has 0 aliphatic carbocycles. The molecule has 6 rings (SSSR count). The molecule has 3 N–H and O–H groups in total. The number of aromatic nitrogens is 6. The van der Waals surface area contributed by atoms with Gasteiger partial charge in [-0.2, -0.15) is 10.2 Å². The van der Waals surface area contributed by atoms with Crippen molar-refractivity contribution < 1.29 is 9.59 Å². The number of nitrogens with one attached hydrogen (secondary N) is 1. The van der Waals surface area contributed by atoms with E-state index in [0.29, 0.717) is 55.9 Å². The fourth-order valence-corrected chi connectivity index (χ4v) is 5.43. The van der Waals surface area contributed by atoms with Gasteiger partial charge in [0.1, 0.15) is 11.3 Å². The summed E-state index contributed by atoms with van der Waals surface area (Å²) in [6.07, 6.45) is 4.86. The zero-order valence-corrected chi connectivity index (χ0v) is 25.1. The molecule has 11 heteroatoms. The van der Waals surface area contributed by atoms with Gasteiger partial charge in [-0.3, -0.25) is 23.6 Å². The van der Waals surface area contributed by atoms with Gasteiger partial charge in [0.15, 0.2) is 11.4 Å². The normalized spacial score (nSPS) is 12.5. The van der Waals surface area contributed by atoms with E-state index in [9.17, 15) is 14.4 Å². The van der Waals surface area contributed by atoms with E-state index in [0.717, 1.165) is 0 Å². The molecule has 224 valence electrons. The van der Waals surface area contributed by atoms with Crippen LogP contribution in [0.3, 0.4) is 0 Å². The summed E-state index contributed by atoms with van der Waals surface area (Å²) in [6.45, 7) is 5.20. The van der Waals surface area contributed by atoms with Gasteiger partial charge in [-0.1, -0.05) is 42.2 Å². The van der Waals surface area contributed by atoms with Crippen LogP contribution >= 0.6 is 0 Å². The maximum absolute atomic E-state index is 14.4. The van der Waals surface area contributed by atoms with Crippen LogP contribution in [-0.2, 0) is 7.05 Å². The molecule has 0 radical (unpaired) electrons. The van der Waals surface area contributed by atoms with Crippen molar-refractivity contribution >= 4 is 28.1 Å². The van der Waals surface area contributed by atoms with E-state index in [1.807, 2.05) is 55.5 Å².